The summed E-state index contributed by atoms with van der Waals surface area (Å²) < 4.78 is 32.7. The van der Waals surface area contributed by atoms with Crippen molar-refractivity contribution in [3.63, 3.8) is 0 Å². The fourth-order valence-corrected chi connectivity index (χ4v) is 5.18. The SMILES string of the molecule is CC1CN(S(=O)(=O)c2ccc(C(=O)NC3CCCC3)cc2)CC(C)O1. The number of nitrogens with one attached hydrogen (secondary N) is 1. The summed E-state index contributed by atoms with van der Waals surface area (Å²) in [6.07, 6.45) is 4.08. The topological polar surface area (TPSA) is 75.7 Å². The maximum absolute atomic E-state index is 12.8. The Bertz CT molecular complexity index is 701. The Kier molecular flexibility index (Phi) is 5.46. The van der Waals surface area contributed by atoms with E-state index >= 15 is 0 Å². The second kappa shape index (κ2) is 7.43. The van der Waals surface area contributed by atoms with Gasteiger partial charge in [0.1, 0.15) is 0 Å². The number of carbonyl (C=O) groups excluding carboxylic acids is 1. The molecule has 1 saturated carbocycles. The third kappa shape index (κ3) is 4.22. The highest BCUT2D eigenvalue weighted by Crippen LogP contribution is 2.22. The summed E-state index contributed by atoms with van der Waals surface area (Å²) in [5.41, 5.74) is 0.495. The standard InChI is InChI=1S/C18H26N2O4S/c1-13-11-20(12-14(2)24-13)25(22,23)17-9-7-15(8-10-17)18(21)19-16-5-3-4-6-16/h7-10,13-14,16H,3-6,11-12H2,1-2H3,(H,19,21). The monoisotopic (exact) mass is 366 g/mol. The molecule has 1 heterocycles. The van der Waals surface area contributed by atoms with Gasteiger partial charge in [-0.15, -0.1) is 0 Å². The van der Waals surface area contributed by atoms with Crippen molar-refractivity contribution >= 4 is 15.9 Å². The molecule has 1 aromatic rings. The third-order valence-corrected chi connectivity index (χ3v) is 6.68. The van der Waals surface area contributed by atoms with E-state index in [4.69, 9.17) is 4.74 Å². The van der Waals surface area contributed by atoms with Crippen LogP contribution in [0.2, 0.25) is 0 Å². The highest BCUT2D eigenvalue weighted by molar-refractivity contribution is 7.89. The van der Waals surface area contributed by atoms with Gasteiger partial charge in [-0.3, -0.25) is 4.79 Å². The minimum absolute atomic E-state index is 0.130. The Balaban J connectivity index is 1.71. The quantitative estimate of drug-likeness (QED) is 0.886. The Morgan fingerprint density at radius 2 is 1.64 bits per heavy atom. The largest absolute Gasteiger partial charge is 0.373 e. The molecule has 7 heteroatoms. The zero-order chi connectivity index (χ0) is 18.0. The zero-order valence-electron chi connectivity index (χ0n) is 14.8. The van der Waals surface area contributed by atoms with Crippen molar-refractivity contribution in [1.29, 1.82) is 0 Å². The van der Waals surface area contributed by atoms with Gasteiger partial charge >= 0.3 is 0 Å². The number of sulfonamides is 1. The molecule has 6 nitrogen and oxygen atoms in total. The number of rotatable bonds is 4. The molecule has 1 saturated heterocycles. The minimum atomic E-state index is -3.57. The molecule has 2 unspecified atom stereocenters. The summed E-state index contributed by atoms with van der Waals surface area (Å²) in [5.74, 6) is -0.135. The van der Waals surface area contributed by atoms with Crippen LogP contribution in [0.4, 0.5) is 0 Å². The molecular formula is C18H26N2O4S. The number of carbonyl (C=O) groups is 1. The summed E-state index contributed by atoms with van der Waals surface area (Å²) in [6.45, 7) is 4.43. The van der Waals surface area contributed by atoms with Gasteiger partial charge in [-0.1, -0.05) is 12.8 Å². The van der Waals surface area contributed by atoms with Crippen LogP contribution in [0.25, 0.3) is 0 Å². The number of nitrogens with zero attached hydrogens (tertiary/aromatic N) is 1. The van der Waals surface area contributed by atoms with Gasteiger partial charge in [0.15, 0.2) is 0 Å². The summed E-state index contributed by atoms with van der Waals surface area (Å²) >= 11 is 0. The van der Waals surface area contributed by atoms with E-state index in [1.807, 2.05) is 13.8 Å². The van der Waals surface area contributed by atoms with Gasteiger partial charge in [0, 0.05) is 24.7 Å². The molecule has 2 fully saturated rings. The predicted molar refractivity (Wildman–Crippen MR) is 94.9 cm³/mol. The summed E-state index contributed by atoms with van der Waals surface area (Å²) in [6, 6.07) is 6.45. The number of ether oxygens (including phenoxy) is 1. The van der Waals surface area contributed by atoms with E-state index in [0.717, 1.165) is 25.7 Å². The third-order valence-electron chi connectivity index (χ3n) is 4.83. The number of benzene rings is 1. The molecule has 0 spiro atoms. The molecule has 1 aromatic carbocycles. The number of amides is 1. The van der Waals surface area contributed by atoms with Crippen LogP contribution < -0.4 is 5.32 Å². The van der Waals surface area contributed by atoms with Crippen molar-refractivity contribution in [2.24, 2.45) is 0 Å². The molecule has 1 amide bonds. The first kappa shape index (κ1) is 18.4. The molecule has 25 heavy (non-hydrogen) atoms. The maximum atomic E-state index is 12.8. The van der Waals surface area contributed by atoms with Crippen LogP contribution >= 0.6 is 0 Å². The molecule has 3 rings (SSSR count). The van der Waals surface area contributed by atoms with E-state index in [1.54, 1.807) is 12.1 Å². The molecular weight excluding hydrogens is 340 g/mol. The molecule has 1 aliphatic heterocycles. The van der Waals surface area contributed by atoms with E-state index in [2.05, 4.69) is 5.32 Å². The lowest BCUT2D eigenvalue weighted by Gasteiger charge is -2.34. The van der Waals surface area contributed by atoms with Crippen LogP contribution in [0, 0.1) is 0 Å². The summed E-state index contributed by atoms with van der Waals surface area (Å²) in [7, 11) is -3.57. The highest BCUT2D eigenvalue weighted by atomic mass is 32.2. The minimum Gasteiger partial charge on any atom is -0.373 e. The predicted octanol–water partition coefficient (Wildman–Crippen LogP) is 2.16. The fraction of sp³-hybridized carbons (Fsp3) is 0.611. The van der Waals surface area contributed by atoms with Crippen molar-refractivity contribution in [3.05, 3.63) is 29.8 Å². The van der Waals surface area contributed by atoms with E-state index in [0.29, 0.717) is 18.7 Å². The molecule has 1 aliphatic carbocycles. The summed E-state index contributed by atoms with van der Waals surface area (Å²) in [5, 5.41) is 3.01. The molecule has 138 valence electrons. The van der Waals surface area contributed by atoms with Crippen molar-refractivity contribution in [1.82, 2.24) is 9.62 Å². The first-order chi connectivity index (χ1) is 11.9. The van der Waals surface area contributed by atoms with Crippen LogP contribution in [-0.4, -0.2) is 50.0 Å². The van der Waals surface area contributed by atoms with Gasteiger partial charge in [-0.25, -0.2) is 8.42 Å². The lowest BCUT2D eigenvalue weighted by Crippen LogP contribution is -2.48. The molecule has 2 aliphatic rings. The average molecular weight is 366 g/mol. The van der Waals surface area contributed by atoms with Crippen LogP contribution in [0.15, 0.2) is 29.2 Å². The Hall–Kier alpha value is -1.44. The Morgan fingerprint density at radius 3 is 2.20 bits per heavy atom. The molecule has 0 radical (unpaired) electrons. The molecule has 2 atom stereocenters. The fourth-order valence-electron chi connectivity index (χ4n) is 3.59. The highest BCUT2D eigenvalue weighted by Gasteiger charge is 2.32. The first-order valence-corrected chi connectivity index (χ1v) is 10.4. The zero-order valence-corrected chi connectivity index (χ0v) is 15.6. The van der Waals surface area contributed by atoms with Crippen molar-refractivity contribution < 1.29 is 17.9 Å². The number of hydrogen-bond acceptors (Lipinski definition) is 4. The Morgan fingerprint density at radius 1 is 1.08 bits per heavy atom. The van der Waals surface area contributed by atoms with Crippen LogP contribution in [-0.2, 0) is 14.8 Å². The van der Waals surface area contributed by atoms with Gasteiger partial charge < -0.3 is 10.1 Å². The van der Waals surface area contributed by atoms with Gasteiger partial charge in [-0.05, 0) is 51.0 Å². The first-order valence-electron chi connectivity index (χ1n) is 8.93. The van der Waals surface area contributed by atoms with Crippen molar-refractivity contribution in [2.45, 2.75) is 62.7 Å². The van der Waals surface area contributed by atoms with Crippen LogP contribution in [0.3, 0.4) is 0 Å². The second-order valence-corrected chi connectivity index (χ2v) is 9.00. The second-order valence-electron chi connectivity index (χ2n) is 7.06. The average Bonchev–Trinajstić information content (AvgIpc) is 3.07. The summed E-state index contributed by atoms with van der Waals surface area (Å²) in [4.78, 5) is 12.5. The Labute approximate surface area is 149 Å². The van der Waals surface area contributed by atoms with Crippen molar-refractivity contribution in [3.8, 4) is 0 Å². The van der Waals surface area contributed by atoms with E-state index in [-0.39, 0.29) is 29.1 Å². The molecule has 0 aromatic heterocycles. The van der Waals surface area contributed by atoms with Crippen LogP contribution in [0.1, 0.15) is 49.9 Å². The number of hydrogen-bond donors (Lipinski definition) is 1. The normalized spacial score (nSPS) is 25.8. The molecule has 1 N–H and O–H groups in total. The lowest BCUT2D eigenvalue weighted by molar-refractivity contribution is -0.0440. The van der Waals surface area contributed by atoms with Gasteiger partial charge in [0.05, 0.1) is 17.1 Å². The van der Waals surface area contributed by atoms with Crippen LogP contribution in [0.5, 0.6) is 0 Å². The van der Waals surface area contributed by atoms with Crippen molar-refractivity contribution in [2.75, 3.05) is 13.1 Å². The lowest BCUT2D eigenvalue weighted by atomic mass is 10.2. The van der Waals surface area contributed by atoms with E-state index in [1.165, 1.54) is 16.4 Å². The molecule has 0 bridgehead atoms. The smallest absolute Gasteiger partial charge is 0.251 e. The number of morpholine rings is 1. The van der Waals surface area contributed by atoms with Gasteiger partial charge in [0.25, 0.3) is 5.91 Å². The maximum Gasteiger partial charge on any atom is 0.251 e. The van der Waals surface area contributed by atoms with Gasteiger partial charge in [-0.2, -0.15) is 4.31 Å². The van der Waals surface area contributed by atoms with E-state index < -0.39 is 10.0 Å². The van der Waals surface area contributed by atoms with Gasteiger partial charge in [0.2, 0.25) is 10.0 Å². The van der Waals surface area contributed by atoms with E-state index in [9.17, 15) is 13.2 Å².